The van der Waals surface area contributed by atoms with E-state index in [2.05, 4.69) is 18.7 Å². The quantitative estimate of drug-likeness (QED) is 0.804. The smallest absolute Gasteiger partial charge is 0.207 e. The molecule has 0 aliphatic carbocycles. The first-order valence-corrected chi connectivity index (χ1v) is 9.24. The van der Waals surface area contributed by atoms with Gasteiger partial charge < -0.3 is 0 Å². The van der Waals surface area contributed by atoms with Crippen molar-refractivity contribution in [2.75, 3.05) is 6.54 Å². The number of hydrogen-bond acceptors (Lipinski definition) is 2. The van der Waals surface area contributed by atoms with Crippen molar-refractivity contribution in [1.29, 1.82) is 0 Å². The maximum absolute atomic E-state index is 13.0. The highest BCUT2D eigenvalue weighted by molar-refractivity contribution is 7.89. The second-order valence-corrected chi connectivity index (χ2v) is 7.85. The van der Waals surface area contributed by atoms with Crippen molar-refractivity contribution in [2.24, 2.45) is 5.92 Å². The van der Waals surface area contributed by atoms with Gasteiger partial charge in [0.15, 0.2) is 0 Å². The zero-order valence-electron chi connectivity index (χ0n) is 13.2. The van der Waals surface area contributed by atoms with Gasteiger partial charge in [-0.1, -0.05) is 54.6 Å². The summed E-state index contributed by atoms with van der Waals surface area (Å²) >= 11 is 0. The fourth-order valence-corrected chi connectivity index (χ4v) is 5.20. The zero-order valence-corrected chi connectivity index (χ0v) is 14.0. The Morgan fingerprint density at radius 2 is 1.61 bits per heavy atom. The van der Waals surface area contributed by atoms with Crippen molar-refractivity contribution in [3.63, 3.8) is 0 Å². The maximum Gasteiger partial charge on any atom is 0.243 e. The molecule has 1 heterocycles. The molecule has 0 N–H and O–H groups in total. The zero-order chi connectivity index (χ0) is 16.4. The van der Waals surface area contributed by atoms with Crippen molar-refractivity contribution in [2.45, 2.75) is 23.8 Å². The van der Waals surface area contributed by atoms with E-state index in [0.717, 1.165) is 5.56 Å². The largest absolute Gasteiger partial charge is 0.243 e. The van der Waals surface area contributed by atoms with E-state index in [1.54, 1.807) is 28.6 Å². The van der Waals surface area contributed by atoms with E-state index in [0.29, 0.717) is 11.4 Å². The van der Waals surface area contributed by atoms with E-state index >= 15 is 0 Å². The molecule has 23 heavy (non-hydrogen) atoms. The van der Waals surface area contributed by atoms with Gasteiger partial charge in [0.25, 0.3) is 0 Å². The van der Waals surface area contributed by atoms with Gasteiger partial charge in [-0.25, -0.2) is 8.42 Å². The third-order valence-electron chi connectivity index (χ3n) is 4.66. The standard InChI is InChI=1S/C19H21NO2S/c1-3-16-14-20(23(21,22)18-12-8-5-9-13-18)15(2)19(16)17-10-6-4-7-11-17/h3-13,15-16,19H,1,14H2,2H3/t15-,16?,19-/m0/s1. The number of hydrogen-bond donors (Lipinski definition) is 0. The van der Waals surface area contributed by atoms with Crippen molar-refractivity contribution in [3.8, 4) is 0 Å². The van der Waals surface area contributed by atoms with Gasteiger partial charge in [-0.3, -0.25) is 0 Å². The van der Waals surface area contributed by atoms with Crippen LogP contribution in [0.1, 0.15) is 18.4 Å². The van der Waals surface area contributed by atoms with E-state index in [1.165, 1.54) is 0 Å². The molecule has 0 radical (unpaired) electrons. The molecule has 2 aromatic rings. The van der Waals surface area contributed by atoms with Crippen LogP contribution in [0, 0.1) is 5.92 Å². The lowest BCUT2D eigenvalue weighted by Crippen LogP contribution is -2.35. The topological polar surface area (TPSA) is 37.4 Å². The molecule has 0 bridgehead atoms. The fourth-order valence-electron chi connectivity index (χ4n) is 3.49. The summed E-state index contributed by atoms with van der Waals surface area (Å²) < 4.78 is 27.6. The van der Waals surface area contributed by atoms with Gasteiger partial charge in [0.05, 0.1) is 4.90 Å². The lowest BCUT2D eigenvalue weighted by Gasteiger charge is -2.25. The van der Waals surface area contributed by atoms with E-state index in [-0.39, 0.29) is 17.9 Å². The van der Waals surface area contributed by atoms with Crippen molar-refractivity contribution >= 4 is 10.0 Å². The molecule has 3 atom stereocenters. The van der Waals surface area contributed by atoms with Crippen LogP contribution in [-0.2, 0) is 10.0 Å². The van der Waals surface area contributed by atoms with Crippen LogP contribution < -0.4 is 0 Å². The van der Waals surface area contributed by atoms with Gasteiger partial charge in [0.1, 0.15) is 0 Å². The summed E-state index contributed by atoms with van der Waals surface area (Å²) in [6.07, 6.45) is 1.88. The van der Waals surface area contributed by atoms with E-state index < -0.39 is 10.0 Å². The predicted octanol–water partition coefficient (Wildman–Crippen LogP) is 3.67. The highest BCUT2D eigenvalue weighted by Crippen LogP contribution is 2.41. The molecule has 4 heteroatoms. The number of sulfonamides is 1. The second kappa shape index (κ2) is 6.30. The molecule has 120 valence electrons. The summed E-state index contributed by atoms with van der Waals surface area (Å²) in [5.74, 6) is 0.248. The average Bonchev–Trinajstić information content (AvgIpc) is 2.93. The molecule has 2 aromatic carbocycles. The normalized spacial score (nSPS) is 25.3. The Kier molecular flexibility index (Phi) is 4.37. The third-order valence-corrected chi connectivity index (χ3v) is 6.63. The highest BCUT2D eigenvalue weighted by atomic mass is 32.2. The Morgan fingerprint density at radius 3 is 2.17 bits per heavy atom. The number of nitrogens with zero attached hydrogens (tertiary/aromatic N) is 1. The first-order valence-electron chi connectivity index (χ1n) is 7.80. The highest BCUT2D eigenvalue weighted by Gasteiger charge is 2.44. The Hall–Kier alpha value is -1.91. The van der Waals surface area contributed by atoms with Crippen LogP contribution in [0.25, 0.3) is 0 Å². The Bertz CT molecular complexity index is 772. The van der Waals surface area contributed by atoms with Crippen molar-refractivity contribution < 1.29 is 8.42 Å². The SMILES string of the molecule is C=CC1CN(S(=O)(=O)c2ccccc2)[C@@H](C)[C@@H]1c1ccccc1. The molecule has 0 spiro atoms. The molecule has 1 aliphatic heterocycles. The molecule has 3 nitrogen and oxygen atoms in total. The van der Waals surface area contributed by atoms with Crippen molar-refractivity contribution in [1.82, 2.24) is 4.31 Å². The monoisotopic (exact) mass is 327 g/mol. The maximum atomic E-state index is 13.0. The molecule has 0 aromatic heterocycles. The number of rotatable bonds is 4. The minimum Gasteiger partial charge on any atom is -0.207 e. The lowest BCUT2D eigenvalue weighted by atomic mass is 9.85. The molecule has 1 unspecified atom stereocenters. The molecule has 1 saturated heterocycles. The van der Waals surface area contributed by atoms with Gasteiger partial charge in [0.2, 0.25) is 10.0 Å². The number of benzene rings is 2. The summed E-state index contributed by atoms with van der Waals surface area (Å²) in [4.78, 5) is 0.350. The summed E-state index contributed by atoms with van der Waals surface area (Å²) in [6, 6.07) is 18.6. The van der Waals surface area contributed by atoms with Crippen LogP contribution in [0.5, 0.6) is 0 Å². The molecule has 1 fully saturated rings. The predicted molar refractivity (Wildman–Crippen MR) is 92.7 cm³/mol. The fraction of sp³-hybridized carbons (Fsp3) is 0.263. The second-order valence-electron chi connectivity index (χ2n) is 5.96. The first-order chi connectivity index (χ1) is 11.1. The van der Waals surface area contributed by atoms with Crippen LogP contribution in [-0.4, -0.2) is 25.3 Å². The van der Waals surface area contributed by atoms with Gasteiger partial charge in [0, 0.05) is 18.5 Å². The molecule has 0 amide bonds. The molecule has 0 saturated carbocycles. The van der Waals surface area contributed by atoms with E-state index in [1.807, 2.05) is 37.3 Å². The Labute approximate surface area is 138 Å². The summed E-state index contributed by atoms with van der Waals surface area (Å²) in [5.41, 5.74) is 1.16. The minimum atomic E-state index is -3.49. The van der Waals surface area contributed by atoms with Crippen LogP contribution in [0.2, 0.25) is 0 Å². The third kappa shape index (κ3) is 2.84. The van der Waals surface area contributed by atoms with E-state index in [9.17, 15) is 8.42 Å². The van der Waals surface area contributed by atoms with Crippen LogP contribution in [0.4, 0.5) is 0 Å². The van der Waals surface area contributed by atoms with Gasteiger partial charge >= 0.3 is 0 Å². The Morgan fingerprint density at radius 1 is 1.04 bits per heavy atom. The summed E-state index contributed by atoms with van der Waals surface area (Å²) in [7, 11) is -3.49. The summed E-state index contributed by atoms with van der Waals surface area (Å²) in [6.45, 7) is 6.38. The van der Waals surface area contributed by atoms with Gasteiger partial charge in [-0.2, -0.15) is 4.31 Å². The Balaban J connectivity index is 1.98. The van der Waals surface area contributed by atoms with Crippen LogP contribution in [0.3, 0.4) is 0 Å². The van der Waals surface area contributed by atoms with Gasteiger partial charge in [-0.15, -0.1) is 6.58 Å². The van der Waals surface area contributed by atoms with Crippen LogP contribution >= 0.6 is 0 Å². The van der Waals surface area contributed by atoms with E-state index in [4.69, 9.17) is 0 Å². The molecular formula is C19H21NO2S. The molecule has 1 aliphatic rings. The molecular weight excluding hydrogens is 306 g/mol. The lowest BCUT2D eigenvalue weighted by molar-refractivity contribution is 0.393. The van der Waals surface area contributed by atoms with Gasteiger partial charge in [-0.05, 0) is 30.5 Å². The summed E-state index contributed by atoms with van der Waals surface area (Å²) in [5, 5.41) is 0. The molecule has 3 rings (SSSR count). The average molecular weight is 327 g/mol. The minimum absolute atomic E-state index is 0.106. The first kappa shape index (κ1) is 16.0. The van der Waals surface area contributed by atoms with Crippen LogP contribution in [0.15, 0.2) is 78.2 Å². The van der Waals surface area contributed by atoms with Crippen molar-refractivity contribution in [3.05, 3.63) is 78.9 Å².